The molecule has 0 bridgehead atoms. The van der Waals surface area contributed by atoms with Crippen LogP contribution in [-0.2, 0) is 16.1 Å². The van der Waals surface area contributed by atoms with Crippen molar-refractivity contribution in [3.8, 4) is 0 Å². The molecule has 0 radical (unpaired) electrons. The van der Waals surface area contributed by atoms with Gasteiger partial charge in [0.2, 0.25) is 5.91 Å². The van der Waals surface area contributed by atoms with Crippen molar-refractivity contribution in [3.63, 3.8) is 0 Å². The van der Waals surface area contributed by atoms with Crippen LogP contribution < -0.4 is 10.9 Å². The topological polar surface area (TPSA) is 73.2 Å². The molecule has 2 aliphatic rings. The first-order valence-corrected chi connectivity index (χ1v) is 7.17. The molecule has 1 aliphatic carbocycles. The van der Waals surface area contributed by atoms with E-state index in [9.17, 15) is 9.59 Å². The van der Waals surface area contributed by atoms with Gasteiger partial charge < -0.3 is 10.1 Å². The Bertz CT molecular complexity index is 565. The smallest absolute Gasteiger partial charge is 0.277 e. The summed E-state index contributed by atoms with van der Waals surface area (Å²) in [5, 5.41) is 2.72. The summed E-state index contributed by atoms with van der Waals surface area (Å²) in [5.41, 5.74) is 0.0403. The molecule has 0 aromatic carbocycles. The molecule has 2 atom stereocenters. The molecule has 0 spiro atoms. The van der Waals surface area contributed by atoms with E-state index in [-0.39, 0.29) is 29.2 Å². The molecule has 2 fully saturated rings. The molecule has 2 heterocycles. The number of amides is 1. The van der Waals surface area contributed by atoms with E-state index in [2.05, 4.69) is 10.3 Å². The number of nitrogens with zero attached hydrogens (tertiary/aromatic N) is 2. The number of aromatic nitrogens is 2. The fourth-order valence-corrected chi connectivity index (χ4v) is 2.77. The Kier molecular flexibility index (Phi) is 3.56. The van der Waals surface area contributed by atoms with Crippen molar-refractivity contribution in [2.45, 2.75) is 38.8 Å². The number of rotatable bonds is 4. The van der Waals surface area contributed by atoms with Crippen LogP contribution in [0.4, 0.5) is 5.69 Å². The number of hydrogen-bond acceptors (Lipinski definition) is 4. The van der Waals surface area contributed by atoms with Crippen LogP contribution >= 0.6 is 0 Å². The van der Waals surface area contributed by atoms with Crippen LogP contribution in [0.1, 0.15) is 26.2 Å². The lowest BCUT2D eigenvalue weighted by Crippen LogP contribution is -2.33. The Morgan fingerprint density at radius 3 is 3.00 bits per heavy atom. The minimum atomic E-state index is -0.210. The van der Waals surface area contributed by atoms with Crippen LogP contribution in [0.5, 0.6) is 0 Å². The van der Waals surface area contributed by atoms with E-state index in [1.165, 1.54) is 17.1 Å². The Labute approximate surface area is 117 Å². The van der Waals surface area contributed by atoms with E-state index in [1.54, 1.807) is 0 Å². The Morgan fingerprint density at radius 2 is 2.30 bits per heavy atom. The molecule has 1 aromatic rings. The van der Waals surface area contributed by atoms with Gasteiger partial charge in [-0.25, -0.2) is 4.98 Å². The molecular weight excluding hydrogens is 258 g/mol. The molecule has 6 nitrogen and oxygen atoms in total. The number of ether oxygens (including phenoxy) is 1. The average Bonchev–Trinajstić information content (AvgIpc) is 3.18. The van der Waals surface area contributed by atoms with Crippen molar-refractivity contribution in [1.82, 2.24) is 9.55 Å². The lowest BCUT2D eigenvalue weighted by molar-refractivity contribution is -0.121. The number of carbonyl (C=O) groups is 1. The maximum atomic E-state index is 12.3. The lowest BCUT2D eigenvalue weighted by atomic mass is 9.97. The maximum absolute atomic E-state index is 12.3. The summed E-state index contributed by atoms with van der Waals surface area (Å²) in [7, 11) is 0. The molecule has 6 heteroatoms. The van der Waals surface area contributed by atoms with Gasteiger partial charge in [-0.3, -0.25) is 14.2 Å². The van der Waals surface area contributed by atoms with Crippen molar-refractivity contribution in [2.24, 2.45) is 11.8 Å². The Morgan fingerprint density at radius 1 is 1.50 bits per heavy atom. The SMILES string of the molecule is CCn1cncc(NC(=O)[C@@H]2CCO[C@H]2C2CC2)c1=O. The molecule has 1 aromatic heterocycles. The van der Waals surface area contributed by atoms with Gasteiger partial charge in [-0.15, -0.1) is 0 Å². The van der Waals surface area contributed by atoms with E-state index in [4.69, 9.17) is 4.74 Å². The van der Waals surface area contributed by atoms with Crippen molar-refractivity contribution in [2.75, 3.05) is 11.9 Å². The van der Waals surface area contributed by atoms with E-state index in [0.29, 0.717) is 19.1 Å². The van der Waals surface area contributed by atoms with Gasteiger partial charge in [-0.1, -0.05) is 0 Å². The summed E-state index contributed by atoms with van der Waals surface area (Å²) in [4.78, 5) is 28.4. The van der Waals surface area contributed by atoms with E-state index < -0.39 is 0 Å². The van der Waals surface area contributed by atoms with Crippen LogP contribution in [0.15, 0.2) is 17.3 Å². The number of nitrogens with one attached hydrogen (secondary N) is 1. The summed E-state index contributed by atoms with van der Waals surface area (Å²) >= 11 is 0. The summed E-state index contributed by atoms with van der Waals surface area (Å²) in [5.74, 6) is 0.263. The first-order chi connectivity index (χ1) is 9.70. The van der Waals surface area contributed by atoms with Crippen molar-refractivity contribution >= 4 is 11.6 Å². The molecule has 3 rings (SSSR count). The second-order valence-corrected chi connectivity index (χ2v) is 5.46. The third-order valence-corrected chi connectivity index (χ3v) is 4.06. The predicted octanol–water partition coefficient (Wildman–Crippen LogP) is 1.02. The molecular formula is C14H19N3O3. The maximum Gasteiger partial charge on any atom is 0.277 e. The van der Waals surface area contributed by atoms with Crippen molar-refractivity contribution in [3.05, 3.63) is 22.9 Å². The fourth-order valence-electron chi connectivity index (χ4n) is 2.77. The molecule has 108 valence electrons. The molecule has 20 heavy (non-hydrogen) atoms. The van der Waals surface area contributed by atoms with E-state index >= 15 is 0 Å². The second kappa shape index (κ2) is 5.36. The number of carbonyl (C=O) groups excluding carboxylic acids is 1. The summed E-state index contributed by atoms with van der Waals surface area (Å²) in [6, 6.07) is 0. The van der Waals surface area contributed by atoms with Gasteiger partial charge in [-0.2, -0.15) is 0 Å². The fraction of sp³-hybridized carbons (Fsp3) is 0.643. The Hall–Kier alpha value is -1.69. The molecule has 0 unspecified atom stereocenters. The normalized spacial score (nSPS) is 25.6. The highest BCUT2D eigenvalue weighted by Gasteiger charge is 2.43. The third kappa shape index (κ3) is 2.47. The zero-order chi connectivity index (χ0) is 14.1. The summed E-state index contributed by atoms with van der Waals surface area (Å²) in [6.45, 7) is 3.03. The lowest BCUT2D eigenvalue weighted by Gasteiger charge is -2.17. The molecule has 1 saturated carbocycles. The zero-order valence-corrected chi connectivity index (χ0v) is 11.5. The van der Waals surface area contributed by atoms with E-state index in [1.807, 2.05) is 6.92 Å². The van der Waals surface area contributed by atoms with Crippen LogP contribution in [0.25, 0.3) is 0 Å². The molecule has 1 aliphatic heterocycles. The average molecular weight is 277 g/mol. The van der Waals surface area contributed by atoms with Gasteiger partial charge in [0.1, 0.15) is 5.69 Å². The largest absolute Gasteiger partial charge is 0.377 e. The van der Waals surface area contributed by atoms with Gasteiger partial charge in [0, 0.05) is 13.2 Å². The second-order valence-electron chi connectivity index (χ2n) is 5.46. The highest BCUT2D eigenvalue weighted by atomic mass is 16.5. The number of hydrogen-bond donors (Lipinski definition) is 1. The van der Waals surface area contributed by atoms with Gasteiger partial charge in [-0.05, 0) is 32.1 Å². The van der Waals surface area contributed by atoms with E-state index in [0.717, 1.165) is 19.3 Å². The first kappa shape index (κ1) is 13.3. The number of aryl methyl sites for hydroxylation is 1. The van der Waals surface area contributed by atoms with Crippen molar-refractivity contribution < 1.29 is 9.53 Å². The van der Waals surface area contributed by atoms with Gasteiger partial charge >= 0.3 is 0 Å². The van der Waals surface area contributed by atoms with Crippen LogP contribution in [0.2, 0.25) is 0 Å². The highest BCUT2D eigenvalue weighted by Crippen LogP contribution is 2.41. The van der Waals surface area contributed by atoms with Crippen LogP contribution in [0.3, 0.4) is 0 Å². The zero-order valence-electron chi connectivity index (χ0n) is 11.5. The number of anilines is 1. The molecule has 1 N–H and O–H groups in total. The van der Waals surface area contributed by atoms with Crippen LogP contribution in [0, 0.1) is 11.8 Å². The minimum Gasteiger partial charge on any atom is -0.377 e. The Balaban J connectivity index is 1.74. The molecule has 1 amide bonds. The predicted molar refractivity (Wildman–Crippen MR) is 73.4 cm³/mol. The van der Waals surface area contributed by atoms with Gasteiger partial charge in [0.05, 0.1) is 24.5 Å². The standard InChI is InChI=1S/C14H19N3O3/c1-2-17-8-15-7-11(14(17)19)16-13(18)10-5-6-20-12(10)9-3-4-9/h7-10,12H,2-6H2,1H3,(H,16,18)/t10-,12+/m1/s1. The van der Waals surface area contributed by atoms with Crippen molar-refractivity contribution in [1.29, 1.82) is 0 Å². The highest BCUT2D eigenvalue weighted by molar-refractivity contribution is 5.92. The van der Waals surface area contributed by atoms with Gasteiger partial charge in [0.25, 0.3) is 5.56 Å². The minimum absolute atomic E-state index is 0.0278. The van der Waals surface area contributed by atoms with Crippen LogP contribution in [-0.4, -0.2) is 28.2 Å². The quantitative estimate of drug-likeness (QED) is 0.891. The monoisotopic (exact) mass is 277 g/mol. The summed E-state index contributed by atoms with van der Waals surface area (Å²) < 4.78 is 7.14. The summed E-state index contributed by atoms with van der Waals surface area (Å²) in [6.07, 6.45) is 5.93. The first-order valence-electron chi connectivity index (χ1n) is 7.17. The molecule has 1 saturated heterocycles. The van der Waals surface area contributed by atoms with Gasteiger partial charge in [0.15, 0.2) is 0 Å². The third-order valence-electron chi connectivity index (χ3n) is 4.06.